The smallest absolute Gasteiger partial charge is 0.255 e. The molecule has 154 valence electrons. The van der Waals surface area contributed by atoms with Gasteiger partial charge in [0.1, 0.15) is 5.75 Å². The number of benzene rings is 2. The zero-order chi connectivity index (χ0) is 20.3. The molecule has 0 aromatic heterocycles. The number of anilines is 1. The molecule has 1 amide bonds. The van der Waals surface area contributed by atoms with Gasteiger partial charge in [-0.05, 0) is 68.9 Å². The SMILES string of the molecule is O=C(Nc1ccccc1OC1CCCC1)c1cccc(S(=O)(=O)N2CCCC2)c1. The van der Waals surface area contributed by atoms with Gasteiger partial charge in [-0.3, -0.25) is 4.79 Å². The van der Waals surface area contributed by atoms with Gasteiger partial charge >= 0.3 is 0 Å². The van der Waals surface area contributed by atoms with Crippen LogP contribution in [0.2, 0.25) is 0 Å². The number of carbonyl (C=O) groups excluding carboxylic acids is 1. The van der Waals surface area contributed by atoms with E-state index in [0.717, 1.165) is 38.5 Å². The third-order valence-electron chi connectivity index (χ3n) is 5.53. The summed E-state index contributed by atoms with van der Waals surface area (Å²) in [4.78, 5) is 13.0. The molecule has 2 fully saturated rings. The van der Waals surface area contributed by atoms with Gasteiger partial charge in [-0.25, -0.2) is 8.42 Å². The molecule has 1 aliphatic carbocycles. The minimum absolute atomic E-state index is 0.155. The highest BCUT2D eigenvalue weighted by atomic mass is 32.2. The molecular weight excluding hydrogens is 388 g/mol. The molecule has 29 heavy (non-hydrogen) atoms. The number of nitrogens with one attached hydrogen (secondary N) is 1. The van der Waals surface area contributed by atoms with E-state index < -0.39 is 10.0 Å². The molecule has 0 unspecified atom stereocenters. The van der Waals surface area contributed by atoms with Gasteiger partial charge in [0.2, 0.25) is 10.0 Å². The van der Waals surface area contributed by atoms with E-state index in [-0.39, 0.29) is 16.9 Å². The molecule has 1 heterocycles. The van der Waals surface area contributed by atoms with Gasteiger partial charge in [0.25, 0.3) is 5.91 Å². The predicted octanol–water partition coefficient (Wildman–Crippen LogP) is 4.04. The van der Waals surface area contributed by atoms with Crippen molar-refractivity contribution < 1.29 is 17.9 Å². The lowest BCUT2D eigenvalue weighted by molar-refractivity contribution is 0.102. The van der Waals surface area contributed by atoms with E-state index in [4.69, 9.17) is 4.74 Å². The first kappa shape index (κ1) is 19.9. The van der Waals surface area contributed by atoms with Crippen molar-refractivity contribution in [1.29, 1.82) is 0 Å². The summed E-state index contributed by atoms with van der Waals surface area (Å²) in [5, 5.41) is 2.88. The number of carbonyl (C=O) groups is 1. The summed E-state index contributed by atoms with van der Waals surface area (Å²) < 4.78 is 33.1. The van der Waals surface area contributed by atoms with Crippen molar-refractivity contribution in [3.63, 3.8) is 0 Å². The molecule has 0 radical (unpaired) electrons. The van der Waals surface area contributed by atoms with Crippen LogP contribution in [0.3, 0.4) is 0 Å². The van der Waals surface area contributed by atoms with Crippen LogP contribution in [0, 0.1) is 0 Å². The van der Waals surface area contributed by atoms with Crippen LogP contribution in [0.4, 0.5) is 5.69 Å². The van der Waals surface area contributed by atoms with Crippen molar-refractivity contribution in [1.82, 2.24) is 4.31 Å². The van der Waals surface area contributed by atoms with Crippen molar-refractivity contribution in [2.24, 2.45) is 0 Å². The molecule has 1 saturated heterocycles. The van der Waals surface area contributed by atoms with Gasteiger partial charge < -0.3 is 10.1 Å². The van der Waals surface area contributed by atoms with Crippen LogP contribution in [0.25, 0.3) is 0 Å². The molecule has 1 N–H and O–H groups in total. The van der Waals surface area contributed by atoms with Crippen molar-refractivity contribution in [2.45, 2.75) is 49.5 Å². The van der Waals surface area contributed by atoms with E-state index in [0.29, 0.717) is 30.1 Å². The van der Waals surface area contributed by atoms with Crippen molar-refractivity contribution in [3.8, 4) is 5.75 Å². The number of amides is 1. The summed E-state index contributed by atoms with van der Waals surface area (Å²) in [6, 6.07) is 13.6. The van der Waals surface area contributed by atoms with E-state index in [1.807, 2.05) is 18.2 Å². The summed E-state index contributed by atoms with van der Waals surface area (Å²) in [5.74, 6) is 0.291. The van der Waals surface area contributed by atoms with Gasteiger partial charge in [0.15, 0.2) is 0 Å². The van der Waals surface area contributed by atoms with Gasteiger partial charge in [0, 0.05) is 18.7 Å². The second kappa shape index (κ2) is 8.55. The maximum absolute atomic E-state index is 12.8. The Kier molecular flexibility index (Phi) is 5.87. The lowest BCUT2D eigenvalue weighted by Crippen LogP contribution is -2.28. The third-order valence-corrected chi connectivity index (χ3v) is 7.42. The zero-order valence-corrected chi connectivity index (χ0v) is 17.2. The molecule has 7 heteroatoms. The summed E-state index contributed by atoms with van der Waals surface area (Å²) in [6.07, 6.45) is 6.31. The number of hydrogen-bond acceptors (Lipinski definition) is 4. The number of nitrogens with zero attached hydrogens (tertiary/aromatic N) is 1. The van der Waals surface area contributed by atoms with Crippen LogP contribution in [-0.4, -0.2) is 37.8 Å². The third kappa shape index (κ3) is 4.46. The average molecular weight is 415 g/mol. The minimum atomic E-state index is -3.56. The number of para-hydroxylation sites is 2. The number of ether oxygens (including phenoxy) is 1. The van der Waals surface area contributed by atoms with Gasteiger partial charge in [-0.15, -0.1) is 0 Å². The highest BCUT2D eigenvalue weighted by Gasteiger charge is 2.27. The van der Waals surface area contributed by atoms with E-state index in [2.05, 4.69) is 5.32 Å². The largest absolute Gasteiger partial charge is 0.488 e. The molecule has 0 bridgehead atoms. The normalized spacial score (nSPS) is 18.1. The first-order valence-corrected chi connectivity index (χ1v) is 11.7. The van der Waals surface area contributed by atoms with Crippen LogP contribution in [-0.2, 0) is 10.0 Å². The molecule has 2 aromatic rings. The quantitative estimate of drug-likeness (QED) is 0.774. The van der Waals surface area contributed by atoms with Crippen molar-refractivity contribution >= 4 is 21.6 Å². The standard InChI is InChI=1S/C22H26N2O4S/c25-22(23-20-12-3-4-13-21(20)28-18-9-1-2-10-18)17-8-7-11-19(16-17)29(26,27)24-14-5-6-15-24/h3-4,7-8,11-13,16,18H,1-2,5-6,9-10,14-15H2,(H,23,25). The Balaban J connectivity index is 1.52. The highest BCUT2D eigenvalue weighted by molar-refractivity contribution is 7.89. The van der Waals surface area contributed by atoms with E-state index in [1.54, 1.807) is 24.3 Å². The van der Waals surface area contributed by atoms with E-state index in [9.17, 15) is 13.2 Å². The molecule has 2 aromatic carbocycles. The molecular formula is C22H26N2O4S. The molecule has 2 aliphatic rings. The summed E-state index contributed by atoms with van der Waals surface area (Å²) in [6.45, 7) is 1.06. The number of rotatable bonds is 6. The summed E-state index contributed by atoms with van der Waals surface area (Å²) >= 11 is 0. The van der Waals surface area contributed by atoms with Crippen LogP contribution in [0.15, 0.2) is 53.4 Å². The Morgan fingerprint density at radius 3 is 2.45 bits per heavy atom. The molecule has 1 aliphatic heterocycles. The molecule has 1 saturated carbocycles. The zero-order valence-electron chi connectivity index (χ0n) is 16.3. The lowest BCUT2D eigenvalue weighted by atomic mass is 10.2. The Hall–Kier alpha value is -2.38. The summed E-state index contributed by atoms with van der Waals surface area (Å²) in [7, 11) is -3.56. The monoisotopic (exact) mass is 414 g/mol. The van der Waals surface area contributed by atoms with E-state index in [1.165, 1.54) is 10.4 Å². The van der Waals surface area contributed by atoms with Crippen LogP contribution >= 0.6 is 0 Å². The molecule has 0 atom stereocenters. The second-order valence-electron chi connectivity index (χ2n) is 7.61. The Labute approximate surface area is 171 Å². The minimum Gasteiger partial charge on any atom is -0.488 e. The highest BCUT2D eigenvalue weighted by Crippen LogP contribution is 2.30. The molecule has 0 spiro atoms. The Bertz CT molecular complexity index is 978. The fourth-order valence-corrected chi connectivity index (χ4v) is 5.49. The maximum atomic E-state index is 12.8. The Morgan fingerprint density at radius 1 is 0.966 bits per heavy atom. The van der Waals surface area contributed by atoms with Crippen molar-refractivity contribution in [3.05, 3.63) is 54.1 Å². The fourth-order valence-electron chi connectivity index (χ4n) is 3.93. The Morgan fingerprint density at radius 2 is 1.69 bits per heavy atom. The summed E-state index contributed by atoms with van der Waals surface area (Å²) in [5.41, 5.74) is 0.901. The van der Waals surface area contributed by atoms with Crippen molar-refractivity contribution in [2.75, 3.05) is 18.4 Å². The van der Waals surface area contributed by atoms with Gasteiger partial charge in [-0.1, -0.05) is 18.2 Å². The number of hydrogen-bond donors (Lipinski definition) is 1. The predicted molar refractivity (Wildman–Crippen MR) is 112 cm³/mol. The second-order valence-corrected chi connectivity index (χ2v) is 9.55. The topological polar surface area (TPSA) is 75.7 Å². The molecule has 6 nitrogen and oxygen atoms in total. The van der Waals surface area contributed by atoms with Gasteiger partial charge in [-0.2, -0.15) is 4.31 Å². The van der Waals surface area contributed by atoms with E-state index >= 15 is 0 Å². The first-order chi connectivity index (χ1) is 14.0. The first-order valence-electron chi connectivity index (χ1n) is 10.2. The van der Waals surface area contributed by atoms with Crippen LogP contribution in [0.5, 0.6) is 5.75 Å². The molecule has 4 rings (SSSR count). The van der Waals surface area contributed by atoms with Crippen LogP contribution in [0.1, 0.15) is 48.9 Å². The van der Waals surface area contributed by atoms with Crippen LogP contribution < -0.4 is 10.1 Å². The fraction of sp³-hybridized carbons (Fsp3) is 0.409. The maximum Gasteiger partial charge on any atom is 0.255 e. The lowest BCUT2D eigenvalue weighted by Gasteiger charge is -2.17. The van der Waals surface area contributed by atoms with Gasteiger partial charge in [0.05, 0.1) is 16.7 Å². The average Bonchev–Trinajstić information content (AvgIpc) is 3.44. The number of sulfonamides is 1.